The van der Waals surface area contributed by atoms with E-state index in [2.05, 4.69) is 4.98 Å². The van der Waals surface area contributed by atoms with Crippen LogP contribution >= 0.6 is 0 Å². The molecule has 1 atom stereocenters. The van der Waals surface area contributed by atoms with Crippen LogP contribution in [0.4, 0.5) is 0 Å². The van der Waals surface area contributed by atoms with E-state index in [0.717, 1.165) is 11.1 Å². The fourth-order valence-corrected chi connectivity index (χ4v) is 2.96. The van der Waals surface area contributed by atoms with Gasteiger partial charge in [0.25, 0.3) is 0 Å². The molecule has 94 valence electrons. The van der Waals surface area contributed by atoms with Gasteiger partial charge in [-0.15, -0.1) is 0 Å². The second kappa shape index (κ2) is 3.53. The highest BCUT2D eigenvalue weighted by atomic mass is 16.5. The molecule has 1 aromatic heterocycles. The van der Waals surface area contributed by atoms with Gasteiger partial charge in [0.1, 0.15) is 5.60 Å². The van der Waals surface area contributed by atoms with E-state index in [4.69, 9.17) is 4.74 Å². The maximum absolute atomic E-state index is 11.0. The molecule has 1 fully saturated rings. The zero-order chi connectivity index (χ0) is 12.9. The Morgan fingerprint density at radius 1 is 1.29 bits per heavy atom. The van der Waals surface area contributed by atoms with Gasteiger partial charge in [0.15, 0.2) is 0 Å². The number of rotatable bonds is 1. The largest absolute Gasteiger partial charge is 0.382 e. The number of nitrogens with zero attached hydrogens (tertiary/aromatic N) is 1. The monoisotopic (exact) mass is 235 g/mol. The van der Waals surface area contributed by atoms with Gasteiger partial charge in [-0.2, -0.15) is 0 Å². The number of hydrogen-bond donors (Lipinski definition) is 1. The standard InChI is InChI=1S/C14H21NO2/c1-10-6-7-15-8-11(10)14(16)9-12(2,3)17-13(14,4)5/h6-8,16H,9H2,1-5H3. The Labute approximate surface area is 103 Å². The van der Waals surface area contributed by atoms with Gasteiger partial charge >= 0.3 is 0 Å². The third kappa shape index (κ3) is 1.87. The van der Waals surface area contributed by atoms with E-state index in [-0.39, 0.29) is 5.60 Å². The minimum Gasteiger partial charge on any atom is -0.382 e. The van der Waals surface area contributed by atoms with Gasteiger partial charge in [-0.05, 0) is 46.2 Å². The lowest BCUT2D eigenvalue weighted by atomic mass is 9.76. The van der Waals surface area contributed by atoms with Crippen molar-refractivity contribution < 1.29 is 9.84 Å². The first-order chi connectivity index (χ1) is 7.68. The van der Waals surface area contributed by atoms with Crippen molar-refractivity contribution in [3.05, 3.63) is 29.6 Å². The molecule has 0 spiro atoms. The molecule has 1 aromatic rings. The summed E-state index contributed by atoms with van der Waals surface area (Å²) in [6, 6.07) is 1.93. The van der Waals surface area contributed by atoms with Crippen molar-refractivity contribution in [3.8, 4) is 0 Å². The van der Waals surface area contributed by atoms with Gasteiger partial charge in [0.05, 0.1) is 11.2 Å². The molecule has 1 aliphatic heterocycles. The van der Waals surface area contributed by atoms with Crippen LogP contribution in [0, 0.1) is 6.92 Å². The van der Waals surface area contributed by atoms with Gasteiger partial charge in [-0.3, -0.25) is 4.98 Å². The van der Waals surface area contributed by atoms with Crippen LogP contribution in [0.15, 0.2) is 18.5 Å². The van der Waals surface area contributed by atoms with Crippen molar-refractivity contribution in [3.63, 3.8) is 0 Å². The third-order valence-electron chi connectivity index (χ3n) is 3.69. The van der Waals surface area contributed by atoms with Gasteiger partial charge in [0, 0.05) is 24.4 Å². The normalized spacial score (nSPS) is 30.5. The molecule has 2 heterocycles. The molecule has 1 saturated heterocycles. The van der Waals surface area contributed by atoms with Crippen molar-refractivity contribution in [1.29, 1.82) is 0 Å². The lowest BCUT2D eigenvalue weighted by Gasteiger charge is -2.36. The summed E-state index contributed by atoms with van der Waals surface area (Å²) in [4.78, 5) is 4.13. The molecule has 0 aromatic carbocycles. The zero-order valence-corrected chi connectivity index (χ0v) is 11.2. The summed E-state index contributed by atoms with van der Waals surface area (Å²) in [6.45, 7) is 9.90. The Hall–Kier alpha value is -0.930. The summed E-state index contributed by atoms with van der Waals surface area (Å²) in [5.41, 5.74) is 0.0205. The van der Waals surface area contributed by atoms with Gasteiger partial charge in [-0.25, -0.2) is 0 Å². The molecule has 0 saturated carbocycles. The van der Waals surface area contributed by atoms with Crippen LogP contribution in [0.1, 0.15) is 45.2 Å². The van der Waals surface area contributed by atoms with Crippen molar-refractivity contribution in [2.24, 2.45) is 0 Å². The van der Waals surface area contributed by atoms with Crippen LogP contribution in [0.5, 0.6) is 0 Å². The van der Waals surface area contributed by atoms with Gasteiger partial charge < -0.3 is 9.84 Å². The molecule has 0 bridgehead atoms. The average Bonchev–Trinajstić information content (AvgIpc) is 2.31. The first-order valence-electron chi connectivity index (χ1n) is 6.02. The molecule has 0 aliphatic carbocycles. The molecular formula is C14H21NO2. The maximum Gasteiger partial charge on any atom is 0.122 e. The highest BCUT2D eigenvalue weighted by Gasteiger charge is 2.57. The second-order valence-corrected chi connectivity index (χ2v) is 6.10. The van der Waals surface area contributed by atoms with E-state index in [1.54, 1.807) is 12.4 Å². The van der Waals surface area contributed by atoms with Gasteiger partial charge in [-0.1, -0.05) is 0 Å². The zero-order valence-electron chi connectivity index (χ0n) is 11.2. The molecular weight excluding hydrogens is 214 g/mol. The number of aromatic nitrogens is 1. The summed E-state index contributed by atoms with van der Waals surface area (Å²) < 4.78 is 5.98. The number of ether oxygens (including phenoxy) is 1. The summed E-state index contributed by atoms with van der Waals surface area (Å²) in [5, 5.41) is 11.0. The fourth-order valence-electron chi connectivity index (χ4n) is 2.96. The fraction of sp³-hybridized carbons (Fsp3) is 0.643. The van der Waals surface area contributed by atoms with Crippen molar-refractivity contribution >= 4 is 0 Å². The molecule has 1 N–H and O–H groups in total. The van der Waals surface area contributed by atoms with Crippen LogP contribution in [0.2, 0.25) is 0 Å². The summed E-state index contributed by atoms with van der Waals surface area (Å²) in [7, 11) is 0. The Morgan fingerprint density at radius 2 is 1.94 bits per heavy atom. The molecule has 3 nitrogen and oxygen atoms in total. The lowest BCUT2D eigenvalue weighted by Crippen LogP contribution is -2.44. The maximum atomic E-state index is 11.0. The van der Waals surface area contributed by atoms with E-state index in [9.17, 15) is 5.11 Å². The summed E-state index contributed by atoms with van der Waals surface area (Å²) in [5.74, 6) is 0. The molecule has 1 aliphatic rings. The second-order valence-electron chi connectivity index (χ2n) is 6.10. The van der Waals surface area contributed by atoms with E-state index in [1.807, 2.05) is 40.7 Å². The van der Waals surface area contributed by atoms with Crippen molar-refractivity contribution in [1.82, 2.24) is 4.98 Å². The van der Waals surface area contributed by atoms with Crippen molar-refractivity contribution in [2.75, 3.05) is 0 Å². The predicted molar refractivity (Wildman–Crippen MR) is 66.7 cm³/mol. The molecule has 0 amide bonds. The molecule has 1 unspecified atom stereocenters. The Balaban J connectivity index is 2.54. The molecule has 3 heteroatoms. The summed E-state index contributed by atoms with van der Waals surface area (Å²) >= 11 is 0. The average molecular weight is 235 g/mol. The van der Waals surface area contributed by atoms with Crippen LogP contribution in [-0.4, -0.2) is 21.3 Å². The highest BCUT2D eigenvalue weighted by molar-refractivity contribution is 5.33. The molecule has 17 heavy (non-hydrogen) atoms. The minimum atomic E-state index is -0.977. The van der Waals surface area contributed by atoms with E-state index in [0.29, 0.717) is 6.42 Å². The summed E-state index contributed by atoms with van der Waals surface area (Å²) in [6.07, 6.45) is 4.08. The van der Waals surface area contributed by atoms with E-state index < -0.39 is 11.2 Å². The van der Waals surface area contributed by atoms with Gasteiger partial charge in [0.2, 0.25) is 0 Å². The Morgan fingerprint density at radius 3 is 2.41 bits per heavy atom. The minimum absolute atomic E-state index is 0.319. The SMILES string of the molecule is Cc1ccncc1C1(O)CC(C)(C)OC1(C)C. The Kier molecular flexibility index (Phi) is 2.60. The first-order valence-corrected chi connectivity index (χ1v) is 6.02. The van der Waals surface area contributed by atoms with E-state index >= 15 is 0 Å². The highest BCUT2D eigenvalue weighted by Crippen LogP contribution is 2.51. The topological polar surface area (TPSA) is 42.4 Å². The smallest absolute Gasteiger partial charge is 0.122 e. The van der Waals surface area contributed by atoms with Crippen molar-refractivity contribution in [2.45, 2.75) is 57.8 Å². The third-order valence-corrected chi connectivity index (χ3v) is 3.69. The Bertz CT molecular complexity index is 440. The van der Waals surface area contributed by atoms with Crippen LogP contribution in [0.25, 0.3) is 0 Å². The van der Waals surface area contributed by atoms with Crippen LogP contribution in [-0.2, 0) is 10.3 Å². The number of aliphatic hydroxyl groups is 1. The number of hydrogen-bond acceptors (Lipinski definition) is 3. The first kappa shape index (κ1) is 12.5. The lowest BCUT2D eigenvalue weighted by molar-refractivity contribution is -0.130. The quantitative estimate of drug-likeness (QED) is 0.813. The van der Waals surface area contributed by atoms with Crippen LogP contribution < -0.4 is 0 Å². The number of aryl methyl sites for hydroxylation is 1. The van der Waals surface area contributed by atoms with E-state index in [1.165, 1.54) is 0 Å². The predicted octanol–water partition coefficient (Wildman–Crippen LogP) is 2.56. The van der Waals surface area contributed by atoms with Crippen LogP contribution in [0.3, 0.4) is 0 Å². The number of pyridine rings is 1. The molecule has 2 rings (SSSR count). The molecule has 0 radical (unpaired) electrons.